The van der Waals surface area contributed by atoms with E-state index in [0.29, 0.717) is 39.3 Å². The molecule has 0 saturated carbocycles. The first kappa shape index (κ1) is 27.8. The number of likely N-dealkylation sites (N-methyl/N-ethyl adjacent to an activating group) is 1. The van der Waals surface area contributed by atoms with Crippen LogP contribution in [0.1, 0.15) is 12.0 Å². The maximum atomic E-state index is 13.6. The van der Waals surface area contributed by atoms with Crippen LogP contribution in [0, 0.1) is 0 Å². The van der Waals surface area contributed by atoms with Gasteiger partial charge in [0.25, 0.3) is 10.0 Å². The molecule has 6 rings (SSSR count). The second kappa shape index (κ2) is 11.1. The molecule has 0 unspecified atom stereocenters. The first-order valence-corrected chi connectivity index (χ1v) is 15.1. The highest BCUT2D eigenvalue weighted by atomic mass is 35.5. The highest BCUT2D eigenvalue weighted by Crippen LogP contribution is 2.39. The molecule has 0 bridgehead atoms. The van der Waals surface area contributed by atoms with E-state index >= 15 is 0 Å². The van der Waals surface area contributed by atoms with Crippen LogP contribution in [-0.2, 0) is 10.0 Å². The third-order valence-electron chi connectivity index (χ3n) is 7.35. The van der Waals surface area contributed by atoms with Gasteiger partial charge in [-0.1, -0.05) is 54.1 Å². The Hall–Kier alpha value is -4.38. The first-order valence-electron chi connectivity index (χ1n) is 13.3. The number of para-hydroxylation sites is 1. The Balaban J connectivity index is 1.40. The van der Waals surface area contributed by atoms with E-state index in [1.54, 1.807) is 55.8 Å². The quantitative estimate of drug-likeness (QED) is 0.217. The van der Waals surface area contributed by atoms with Crippen LogP contribution in [-0.4, -0.2) is 54.5 Å². The summed E-state index contributed by atoms with van der Waals surface area (Å²) in [6.07, 6.45) is 6.11. The van der Waals surface area contributed by atoms with E-state index in [1.165, 1.54) is 15.7 Å². The number of rotatable bonds is 7. The first-order chi connectivity index (χ1) is 20.3. The fraction of sp³-hybridized carbons (Fsp3) is 0.161. The third kappa shape index (κ3) is 5.09. The summed E-state index contributed by atoms with van der Waals surface area (Å²) >= 11 is 6.61. The van der Waals surface area contributed by atoms with Gasteiger partial charge in [0.2, 0.25) is 5.95 Å². The van der Waals surface area contributed by atoms with Gasteiger partial charge in [0, 0.05) is 41.5 Å². The zero-order valence-electron chi connectivity index (χ0n) is 23.1. The van der Waals surface area contributed by atoms with E-state index in [-0.39, 0.29) is 15.9 Å². The second-order valence-electron chi connectivity index (χ2n) is 10.1. The molecule has 0 amide bonds. The molecule has 1 aliphatic heterocycles. The molecule has 5 aromatic rings. The average molecular weight is 601 g/mol. The Kier molecular flexibility index (Phi) is 7.36. The van der Waals surface area contributed by atoms with Gasteiger partial charge in [-0.25, -0.2) is 22.4 Å². The van der Waals surface area contributed by atoms with Crippen molar-refractivity contribution in [2.75, 3.05) is 38.3 Å². The number of ether oxygens (including phenoxy) is 1. The monoisotopic (exact) mass is 600 g/mol. The number of nitrogens with one attached hydrogen (secondary N) is 1. The molecule has 0 spiro atoms. The van der Waals surface area contributed by atoms with Crippen molar-refractivity contribution in [1.82, 2.24) is 18.8 Å². The molecule has 2 aromatic heterocycles. The van der Waals surface area contributed by atoms with Gasteiger partial charge in [0.15, 0.2) is 0 Å². The fourth-order valence-corrected chi connectivity index (χ4v) is 6.72. The zero-order valence-corrected chi connectivity index (χ0v) is 24.7. The number of halogens is 1. The van der Waals surface area contributed by atoms with Crippen molar-refractivity contribution in [1.29, 1.82) is 0 Å². The molecule has 42 heavy (non-hydrogen) atoms. The second-order valence-corrected chi connectivity index (χ2v) is 12.3. The van der Waals surface area contributed by atoms with E-state index in [4.69, 9.17) is 27.1 Å². The van der Waals surface area contributed by atoms with Crippen LogP contribution in [0.2, 0.25) is 5.02 Å². The van der Waals surface area contributed by atoms with E-state index in [2.05, 4.69) is 28.3 Å². The number of aromatic nitrogens is 3. The van der Waals surface area contributed by atoms with Crippen LogP contribution < -0.4 is 15.8 Å². The molecule has 11 heteroatoms. The molecule has 9 nitrogen and oxygen atoms in total. The maximum absolute atomic E-state index is 13.6. The fourth-order valence-electron chi connectivity index (χ4n) is 5.14. The number of hydrogen-bond donors (Lipinski definition) is 2. The zero-order chi connectivity index (χ0) is 29.4. The lowest BCUT2D eigenvalue weighted by Crippen LogP contribution is -2.23. The van der Waals surface area contributed by atoms with Crippen LogP contribution in [0.5, 0.6) is 5.75 Å². The van der Waals surface area contributed by atoms with Crippen molar-refractivity contribution in [2.45, 2.75) is 11.3 Å². The van der Waals surface area contributed by atoms with Crippen LogP contribution in [0.15, 0.2) is 90.1 Å². The molecule has 3 N–H and O–H groups in total. The molecule has 3 heterocycles. The van der Waals surface area contributed by atoms with Gasteiger partial charge in [-0.15, -0.1) is 0 Å². The summed E-state index contributed by atoms with van der Waals surface area (Å²) in [7, 11) is -0.193. The summed E-state index contributed by atoms with van der Waals surface area (Å²) in [5, 5.41) is 4.17. The molecule has 0 radical (unpaired) electrons. The summed E-state index contributed by atoms with van der Waals surface area (Å²) in [4.78, 5) is 11.5. The molecule has 0 saturated heterocycles. The van der Waals surface area contributed by atoms with Gasteiger partial charge in [0.1, 0.15) is 5.75 Å². The molecular formula is C31H29ClN6O3S. The molecule has 0 fully saturated rings. The number of methoxy groups -OCH3 is 1. The number of benzene rings is 3. The Morgan fingerprint density at radius 1 is 1.05 bits per heavy atom. The van der Waals surface area contributed by atoms with Crippen molar-refractivity contribution in [3.05, 3.63) is 95.8 Å². The van der Waals surface area contributed by atoms with Crippen molar-refractivity contribution in [3.63, 3.8) is 0 Å². The minimum Gasteiger partial charge on any atom is -0.495 e. The van der Waals surface area contributed by atoms with Crippen LogP contribution in [0.4, 0.5) is 17.3 Å². The Bertz CT molecular complexity index is 1940. The molecule has 3 aromatic carbocycles. The average Bonchev–Trinajstić information content (AvgIpc) is 3.40. The number of hydrogen-bond acceptors (Lipinski definition) is 8. The van der Waals surface area contributed by atoms with Crippen molar-refractivity contribution in [2.24, 2.45) is 0 Å². The normalized spacial score (nSPS) is 14.1. The number of nitrogen functional groups attached to an aromatic ring is 1. The van der Waals surface area contributed by atoms with Crippen LogP contribution in [0.3, 0.4) is 0 Å². The maximum Gasteiger partial charge on any atom is 0.268 e. The lowest BCUT2D eigenvalue weighted by Gasteiger charge is -2.23. The Morgan fingerprint density at radius 2 is 1.81 bits per heavy atom. The van der Waals surface area contributed by atoms with Crippen molar-refractivity contribution >= 4 is 55.4 Å². The van der Waals surface area contributed by atoms with Gasteiger partial charge in [0.05, 0.1) is 40.1 Å². The minimum atomic E-state index is -3.88. The minimum absolute atomic E-state index is 0.178. The highest BCUT2D eigenvalue weighted by molar-refractivity contribution is 7.90. The summed E-state index contributed by atoms with van der Waals surface area (Å²) in [5.74, 6) is 0.839. The molecule has 0 aliphatic carbocycles. The Morgan fingerprint density at radius 3 is 2.55 bits per heavy atom. The largest absolute Gasteiger partial charge is 0.495 e. The number of nitrogens with two attached hydrogens (primary N) is 1. The van der Waals surface area contributed by atoms with Gasteiger partial charge in [-0.05, 0) is 49.4 Å². The molecule has 0 atom stereocenters. The number of anilines is 3. The molecular weight excluding hydrogens is 572 g/mol. The number of fused-ring (bicyclic) bond motifs is 1. The van der Waals surface area contributed by atoms with E-state index < -0.39 is 10.0 Å². The lowest BCUT2D eigenvalue weighted by atomic mass is 9.97. The predicted molar refractivity (Wildman–Crippen MR) is 168 cm³/mol. The van der Waals surface area contributed by atoms with Gasteiger partial charge in [-0.3, -0.25) is 0 Å². The lowest BCUT2D eigenvalue weighted by molar-refractivity contribution is 0.370. The molecule has 214 valence electrons. The predicted octanol–water partition coefficient (Wildman–Crippen LogP) is 6.04. The van der Waals surface area contributed by atoms with E-state index in [1.807, 2.05) is 24.3 Å². The van der Waals surface area contributed by atoms with Crippen molar-refractivity contribution in [3.8, 4) is 17.0 Å². The topological polar surface area (TPSA) is 115 Å². The third-order valence-corrected chi connectivity index (χ3v) is 9.32. The van der Waals surface area contributed by atoms with Crippen LogP contribution in [0.25, 0.3) is 27.7 Å². The summed E-state index contributed by atoms with van der Waals surface area (Å²) in [6, 6.07) is 19.2. The van der Waals surface area contributed by atoms with E-state index in [9.17, 15) is 8.42 Å². The van der Waals surface area contributed by atoms with Crippen molar-refractivity contribution < 1.29 is 13.2 Å². The van der Waals surface area contributed by atoms with Gasteiger partial charge < -0.3 is 20.7 Å². The molecule has 1 aliphatic rings. The smallest absolute Gasteiger partial charge is 0.268 e. The van der Waals surface area contributed by atoms with E-state index in [0.717, 1.165) is 25.1 Å². The summed E-state index contributed by atoms with van der Waals surface area (Å²) in [6.45, 7) is 1.82. The van der Waals surface area contributed by atoms with Crippen LogP contribution >= 0.6 is 11.6 Å². The SMILES string of the molecule is COc1cc(C2=CCN(C)CC2)c(N)cc1Nc1ncc(Cl)c(-c2cn(S(=O)(=O)c3ccccc3)c3ccccc23)n1. The number of nitrogens with zero attached hydrogens (tertiary/aromatic N) is 4. The Labute approximate surface area is 249 Å². The van der Waals surface area contributed by atoms with Gasteiger partial charge in [-0.2, -0.15) is 0 Å². The van der Waals surface area contributed by atoms with Gasteiger partial charge >= 0.3 is 0 Å². The summed E-state index contributed by atoms with van der Waals surface area (Å²) in [5.41, 5.74) is 11.3. The standard InChI is InChI=1S/C31H29ClN6O3S/c1-37-14-12-20(13-15-37)23-16-29(41-2)27(17-26(23)33)35-31-34-18-25(32)30(36-31)24-19-38(28-11-7-6-10-22(24)28)42(39,40)21-8-4-3-5-9-21/h3-12,16-19H,13-15,33H2,1-2H3,(H,34,35,36). The summed E-state index contributed by atoms with van der Waals surface area (Å²) < 4.78 is 34.2. The highest BCUT2D eigenvalue weighted by Gasteiger charge is 2.24.